The molecular weight excluding hydrogens is 172 g/mol. The summed E-state index contributed by atoms with van der Waals surface area (Å²) in [4.78, 5) is 0.416. The number of hydrogen-bond donors (Lipinski definition) is 1. The summed E-state index contributed by atoms with van der Waals surface area (Å²) in [5.74, 6) is 0. The first-order chi connectivity index (χ1) is 4.84. The van der Waals surface area contributed by atoms with Gasteiger partial charge in [-0.25, -0.2) is 0 Å². The summed E-state index contributed by atoms with van der Waals surface area (Å²) in [6.07, 6.45) is 5.11. The first kappa shape index (κ1) is 11.5. The molecule has 1 aliphatic carbocycles. The molecule has 4 nitrogen and oxygen atoms in total. The standard InChI is InChI=1S/C6H12N2O2.Ca/c9-7-8(10)6-4-2-1-3-5-6;/h6,9H,1-5H2;. The van der Waals surface area contributed by atoms with Gasteiger partial charge in [-0.3, -0.25) is 0 Å². The molecule has 0 bridgehead atoms. The van der Waals surface area contributed by atoms with Crippen LogP contribution in [0.5, 0.6) is 0 Å². The summed E-state index contributed by atoms with van der Waals surface area (Å²) in [5, 5.41) is 21.4. The van der Waals surface area contributed by atoms with E-state index in [1.165, 1.54) is 6.42 Å². The van der Waals surface area contributed by atoms with Gasteiger partial charge in [0.15, 0.2) is 11.3 Å². The Morgan fingerprint density at radius 3 is 2.27 bits per heavy atom. The van der Waals surface area contributed by atoms with E-state index in [1.54, 1.807) is 0 Å². The van der Waals surface area contributed by atoms with E-state index in [1.807, 2.05) is 0 Å². The van der Waals surface area contributed by atoms with Gasteiger partial charge in [0.25, 0.3) is 0 Å². The Kier molecular flexibility index (Phi) is 6.28. The second kappa shape index (κ2) is 6.03. The average molecular weight is 184 g/mol. The van der Waals surface area contributed by atoms with E-state index in [0.717, 1.165) is 25.7 Å². The van der Waals surface area contributed by atoms with Gasteiger partial charge >= 0.3 is 0 Å². The zero-order chi connectivity index (χ0) is 7.40. The molecule has 0 unspecified atom stereocenters. The Labute approximate surface area is 95.8 Å². The molecule has 1 saturated carbocycles. The summed E-state index contributed by atoms with van der Waals surface area (Å²) in [7, 11) is 0. The van der Waals surface area contributed by atoms with E-state index < -0.39 is 0 Å². The van der Waals surface area contributed by atoms with Crippen molar-refractivity contribution in [3.05, 3.63) is 5.21 Å². The molecule has 5 heteroatoms. The van der Waals surface area contributed by atoms with Crippen LogP contribution in [0.3, 0.4) is 0 Å². The van der Waals surface area contributed by atoms with Crippen LogP contribution in [0.15, 0.2) is 5.28 Å². The Bertz CT molecular complexity index is 135. The maximum absolute atomic E-state index is 10.7. The summed E-state index contributed by atoms with van der Waals surface area (Å²) in [5.41, 5.74) is 0. The quantitative estimate of drug-likeness (QED) is 0.289. The van der Waals surface area contributed by atoms with Crippen LogP contribution < -0.4 is 0 Å². The summed E-state index contributed by atoms with van der Waals surface area (Å²) in [6, 6.07) is -0.0706. The van der Waals surface area contributed by atoms with Crippen molar-refractivity contribution < 1.29 is 10.1 Å². The predicted octanol–water partition coefficient (Wildman–Crippen LogP) is 1.29. The number of hydrogen-bond acceptors (Lipinski definition) is 2. The van der Waals surface area contributed by atoms with Crippen LogP contribution in [-0.2, 0) is 0 Å². The molecule has 1 rings (SSSR count). The van der Waals surface area contributed by atoms with E-state index in [9.17, 15) is 5.21 Å². The first-order valence-electron chi connectivity index (χ1n) is 3.66. The van der Waals surface area contributed by atoms with E-state index in [0.29, 0.717) is 4.86 Å². The van der Waals surface area contributed by atoms with Crippen molar-refractivity contribution in [2.45, 2.75) is 38.1 Å². The Hall–Kier alpha value is 0.460. The van der Waals surface area contributed by atoms with E-state index >= 15 is 0 Å². The van der Waals surface area contributed by atoms with Crippen LogP contribution in [0.25, 0.3) is 0 Å². The smallest absolute Gasteiger partial charge is 0.197 e. The fourth-order valence-electron chi connectivity index (χ4n) is 1.37. The van der Waals surface area contributed by atoms with Gasteiger partial charge in [-0.15, -0.1) is 0 Å². The average Bonchev–Trinajstić information content (AvgIpc) is 2.05. The number of rotatable bonds is 1. The molecule has 1 N–H and O–H groups in total. The molecule has 0 amide bonds. The van der Waals surface area contributed by atoms with E-state index in [2.05, 4.69) is 5.28 Å². The molecule has 0 heterocycles. The zero-order valence-corrected chi connectivity index (χ0v) is 8.78. The van der Waals surface area contributed by atoms with Crippen LogP contribution in [0.4, 0.5) is 0 Å². The molecular formula is C6H12CaN2O2. The van der Waals surface area contributed by atoms with Gasteiger partial charge in [-0.05, 0) is 12.8 Å². The Morgan fingerprint density at radius 1 is 1.27 bits per heavy atom. The van der Waals surface area contributed by atoms with Gasteiger partial charge in [0.05, 0.1) is 0 Å². The second-order valence-corrected chi connectivity index (χ2v) is 2.68. The van der Waals surface area contributed by atoms with Crippen molar-refractivity contribution >= 4 is 37.7 Å². The third-order valence-electron chi connectivity index (χ3n) is 1.98. The maximum atomic E-state index is 10.7. The summed E-state index contributed by atoms with van der Waals surface area (Å²) >= 11 is 0. The molecule has 60 valence electrons. The van der Waals surface area contributed by atoms with E-state index in [-0.39, 0.29) is 43.8 Å². The van der Waals surface area contributed by atoms with Crippen LogP contribution in [0, 0.1) is 5.21 Å². The maximum Gasteiger partial charge on any atom is 0.197 e. The SMILES string of the molecule is [Ca].[O-][N+](=NO)C1CCCCC1. The van der Waals surface area contributed by atoms with Gasteiger partial charge < -0.3 is 10.4 Å². The fraction of sp³-hybridized carbons (Fsp3) is 1.00. The zero-order valence-electron chi connectivity index (χ0n) is 6.57. The predicted molar refractivity (Wildman–Crippen MR) is 40.5 cm³/mol. The Morgan fingerprint density at radius 2 is 1.82 bits per heavy atom. The minimum absolute atomic E-state index is 0. The first-order valence-corrected chi connectivity index (χ1v) is 3.66. The minimum Gasteiger partial charge on any atom is -0.597 e. The third kappa shape index (κ3) is 3.58. The normalized spacial score (nSPS) is 20.9. The molecule has 1 aliphatic rings. The Balaban J connectivity index is 0.000001000. The summed E-state index contributed by atoms with van der Waals surface area (Å²) in [6.45, 7) is 0. The molecule has 1 fully saturated rings. The van der Waals surface area contributed by atoms with Crippen molar-refractivity contribution in [1.29, 1.82) is 0 Å². The molecule has 0 atom stereocenters. The van der Waals surface area contributed by atoms with Gasteiger partial charge in [0, 0.05) is 50.6 Å². The molecule has 11 heavy (non-hydrogen) atoms. The molecule has 0 aromatic carbocycles. The van der Waals surface area contributed by atoms with Gasteiger partial charge in [0.1, 0.15) is 0 Å². The van der Waals surface area contributed by atoms with Gasteiger partial charge in [-0.2, -0.15) is 0 Å². The van der Waals surface area contributed by atoms with Crippen molar-refractivity contribution in [2.24, 2.45) is 5.28 Å². The molecule has 0 aromatic rings. The fourth-order valence-corrected chi connectivity index (χ4v) is 1.37. The molecule has 0 spiro atoms. The largest absolute Gasteiger partial charge is 0.597 e. The number of nitrogens with zero attached hydrogens (tertiary/aromatic N) is 2. The molecule has 0 saturated heterocycles. The molecule has 0 aromatic heterocycles. The summed E-state index contributed by atoms with van der Waals surface area (Å²) < 4.78 is 0. The topological polar surface area (TPSA) is 58.7 Å². The monoisotopic (exact) mass is 184 g/mol. The second-order valence-electron chi connectivity index (χ2n) is 2.68. The van der Waals surface area contributed by atoms with Crippen molar-refractivity contribution in [2.75, 3.05) is 0 Å². The van der Waals surface area contributed by atoms with Crippen molar-refractivity contribution in [3.8, 4) is 0 Å². The van der Waals surface area contributed by atoms with Crippen LogP contribution in [-0.4, -0.2) is 53.8 Å². The van der Waals surface area contributed by atoms with E-state index in [4.69, 9.17) is 5.21 Å². The molecule has 2 radical (unpaired) electrons. The third-order valence-corrected chi connectivity index (χ3v) is 1.98. The van der Waals surface area contributed by atoms with Crippen LogP contribution >= 0.6 is 0 Å². The van der Waals surface area contributed by atoms with Crippen LogP contribution in [0.1, 0.15) is 32.1 Å². The molecule has 0 aliphatic heterocycles. The van der Waals surface area contributed by atoms with Crippen LogP contribution in [0.2, 0.25) is 0 Å². The number of hydroxylamine groups is 1. The van der Waals surface area contributed by atoms with Crippen molar-refractivity contribution in [3.63, 3.8) is 0 Å². The van der Waals surface area contributed by atoms with Gasteiger partial charge in [-0.1, -0.05) is 11.3 Å². The van der Waals surface area contributed by atoms with Gasteiger partial charge in [0.2, 0.25) is 0 Å². The minimum atomic E-state index is -0.0706. The van der Waals surface area contributed by atoms with Crippen molar-refractivity contribution in [1.82, 2.24) is 0 Å².